The molecule has 180 valence electrons. The van der Waals surface area contributed by atoms with Crippen molar-refractivity contribution in [1.82, 2.24) is 29.6 Å². The van der Waals surface area contributed by atoms with E-state index in [2.05, 4.69) is 20.6 Å². The molecule has 10 heteroatoms. The number of fused-ring (bicyclic) bond motifs is 2. The predicted molar refractivity (Wildman–Crippen MR) is 130 cm³/mol. The van der Waals surface area contributed by atoms with E-state index in [1.54, 1.807) is 27.4 Å². The molecule has 0 unspecified atom stereocenters. The molecule has 0 bridgehead atoms. The summed E-state index contributed by atoms with van der Waals surface area (Å²) in [5.41, 5.74) is 4.06. The van der Waals surface area contributed by atoms with Crippen LogP contribution in [0.5, 0.6) is 5.75 Å². The highest BCUT2D eigenvalue weighted by Gasteiger charge is 2.34. The van der Waals surface area contributed by atoms with Gasteiger partial charge in [-0.25, -0.2) is 4.39 Å². The van der Waals surface area contributed by atoms with E-state index in [-0.39, 0.29) is 30.7 Å². The van der Waals surface area contributed by atoms with Crippen LogP contribution < -0.4 is 10.1 Å². The van der Waals surface area contributed by atoms with Crippen LogP contribution in [0.1, 0.15) is 40.5 Å². The molecular formula is C26H22FN7O2. The fourth-order valence-corrected chi connectivity index (χ4v) is 4.62. The molecule has 1 atom stereocenters. The van der Waals surface area contributed by atoms with Crippen molar-refractivity contribution in [1.29, 1.82) is 0 Å². The molecule has 4 heterocycles. The Morgan fingerprint density at radius 1 is 1.03 bits per heavy atom. The van der Waals surface area contributed by atoms with Crippen molar-refractivity contribution >= 4 is 17.4 Å². The molecule has 0 saturated carbocycles. The zero-order valence-corrected chi connectivity index (χ0v) is 19.6. The van der Waals surface area contributed by atoms with E-state index in [1.165, 1.54) is 12.1 Å². The van der Waals surface area contributed by atoms with E-state index in [1.807, 2.05) is 44.2 Å². The highest BCUT2D eigenvalue weighted by molar-refractivity contribution is 5.95. The van der Waals surface area contributed by atoms with Gasteiger partial charge in [-0.15, -0.1) is 15.3 Å². The van der Waals surface area contributed by atoms with E-state index >= 15 is 0 Å². The number of anilines is 1. The van der Waals surface area contributed by atoms with Gasteiger partial charge in [-0.3, -0.25) is 4.79 Å². The first-order chi connectivity index (χ1) is 17.5. The van der Waals surface area contributed by atoms with Crippen molar-refractivity contribution in [2.24, 2.45) is 0 Å². The van der Waals surface area contributed by atoms with Crippen LogP contribution in [0.3, 0.4) is 0 Å². The summed E-state index contributed by atoms with van der Waals surface area (Å²) >= 11 is 0. The summed E-state index contributed by atoms with van der Waals surface area (Å²) in [6.45, 7) is 4.02. The van der Waals surface area contributed by atoms with Gasteiger partial charge in [0.05, 0.1) is 5.69 Å². The molecular weight excluding hydrogens is 461 g/mol. The molecule has 3 aromatic heterocycles. The molecule has 36 heavy (non-hydrogen) atoms. The van der Waals surface area contributed by atoms with Crippen molar-refractivity contribution in [3.05, 3.63) is 94.7 Å². The summed E-state index contributed by atoms with van der Waals surface area (Å²) in [6.07, 6.45) is 0.257. The number of aromatic nitrogens is 6. The number of ether oxygens (including phenoxy) is 1. The van der Waals surface area contributed by atoms with Gasteiger partial charge < -0.3 is 10.1 Å². The van der Waals surface area contributed by atoms with Gasteiger partial charge in [-0.05, 0) is 49.7 Å². The van der Waals surface area contributed by atoms with Crippen molar-refractivity contribution in [2.45, 2.75) is 32.8 Å². The van der Waals surface area contributed by atoms with Gasteiger partial charge in [0, 0.05) is 23.5 Å². The van der Waals surface area contributed by atoms with Gasteiger partial charge in [0.15, 0.2) is 17.3 Å². The zero-order chi connectivity index (χ0) is 24.8. The normalized spacial score (nSPS) is 15.1. The van der Waals surface area contributed by atoms with Crippen molar-refractivity contribution < 1.29 is 13.9 Å². The predicted octanol–water partition coefficient (Wildman–Crippen LogP) is 4.12. The Hall–Kier alpha value is -4.60. The van der Waals surface area contributed by atoms with Crippen LogP contribution in [-0.4, -0.2) is 35.5 Å². The summed E-state index contributed by atoms with van der Waals surface area (Å²) < 4.78 is 22.7. The SMILES string of the molecule is Cc1nn(-c2ccc3nnc(C)n3n2)c2c1[C@@H](c1ccccc1OCc1ccc(F)cc1)CC(=O)N2. The molecule has 1 aliphatic heterocycles. The topological polar surface area (TPSA) is 99.2 Å². The fraction of sp³-hybridized carbons (Fsp3) is 0.192. The lowest BCUT2D eigenvalue weighted by Gasteiger charge is -2.26. The highest BCUT2D eigenvalue weighted by Crippen LogP contribution is 2.43. The van der Waals surface area contributed by atoms with Crippen LogP contribution in [0.2, 0.25) is 0 Å². The number of rotatable bonds is 5. The van der Waals surface area contributed by atoms with Crippen LogP contribution in [0.4, 0.5) is 10.2 Å². The van der Waals surface area contributed by atoms with Crippen LogP contribution in [0.25, 0.3) is 11.5 Å². The second kappa shape index (κ2) is 8.56. The number of hydrogen-bond donors (Lipinski definition) is 1. The number of nitrogens with one attached hydrogen (secondary N) is 1. The maximum atomic E-state index is 13.3. The molecule has 1 N–H and O–H groups in total. The molecule has 0 fully saturated rings. The molecule has 9 nitrogen and oxygen atoms in total. The smallest absolute Gasteiger partial charge is 0.226 e. The number of carbonyl (C=O) groups excluding carboxylic acids is 1. The Morgan fingerprint density at radius 2 is 1.83 bits per heavy atom. The van der Waals surface area contributed by atoms with Crippen LogP contribution in [-0.2, 0) is 11.4 Å². The van der Waals surface area contributed by atoms with E-state index < -0.39 is 0 Å². The quantitative estimate of drug-likeness (QED) is 0.404. The van der Waals surface area contributed by atoms with Gasteiger partial charge in [0.1, 0.15) is 24.0 Å². The molecule has 2 aromatic carbocycles. The van der Waals surface area contributed by atoms with E-state index in [4.69, 9.17) is 9.84 Å². The monoisotopic (exact) mass is 483 g/mol. The highest BCUT2D eigenvalue weighted by atomic mass is 19.1. The number of halogens is 1. The standard InChI is InChI=1S/C26H22FN7O2/c1-15-25-20(19-5-3-4-6-21(19)36-14-17-7-9-18(27)10-8-17)13-24(35)28-26(25)34(31-15)23-12-11-22-30-29-16(2)33(22)32-23/h3-12,20H,13-14H2,1-2H3,(H,28,35)/t20-/m1/s1. The number of aryl methyl sites for hydroxylation is 2. The largest absolute Gasteiger partial charge is 0.489 e. The third-order valence-electron chi connectivity index (χ3n) is 6.33. The molecule has 0 spiro atoms. The summed E-state index contributed by atoms with van der Waals surface area (Å²) in [7, 11) is 0. The first-order valence-corrected chi connectivity index (χ1v) is 11.5. The summed E-state index contributed by atoms with van der Waals surface area (Å²) in [4.78, 5) is 12.9. The molecule has 1 aliphatic rings. The van der Waals surface area contributed by atoms with Crippen LogP contribution in [0, 0.1) is 19.7 Å². The van der Waals surface area contributed by atoms with E-state index in [9.17, 15) is 9.18 Å². The number of nitrogens with zero attached hydrogens (tertiary/aromatic N) is 6. The van der Waals surface area contributed by atoms with Gasteiger partial charge in [-0.2, -0.15) is 14.3 Å². The first-order valence-electron chi connectivity index (χ1n) is 11.5. The fourth-order valence-electron chi connectivity index (χ4n) is 4.62. The van der Waals surface area contributed by atoms with Gasteiger partial charge in [-0.1, -0.05) is 30.3 Å². The Labute approximate surface area is 205 Å². The molecule has 0 radical (unpaired) electrons. The Kier molecular flexibility index (Phi) is 5.21. The molecule has 5 aromatic rings. The summed E-state index contributed by atoms with van der Waals surface area (Å²) in [6, 6.07) is 17.5. The lowest BCUT2D eigenvalue weighted by molar-refractivity contribution is -0.116. The summed E-state index contributed by atoms with van der Waals surface area (Å²) in [5.74, 6) is 1.77. The zero-order valence-electron chi connectivity index (χ0n) is 19.6. The average molecular weight is 484 g/mol. The second-order valence-corrected chi connectivity index (χ2v) is 8.73. The lowest BCUT2D eigenvalue weighted by atomic mass is 9.85. The summed E-state index contributed by atoms with van der Waals surface area (Å²) in [5, 5.41) is 20.5. The lowest BCUT2D eigenvalue weighted by Crippen LogP contribution is -2.25. The van der Waals surface area contributed by atoms with Gasteiger partial charge in [0.25, 0.3) is 0 Å². The minimum Gasteiger partial charge on any atom is -0.489 e. The van der Waals surface area contributed by atoms with Crippen molar-refractivity contribution in [3.8, 4) is 11.6 Å². The number of para-hydroxylation sites is 1. The third-order valence-corrected chi connectivity index (χ3v) is 6.33. The van der Waals surface area contributed by atoms with E-state index in [0.717, 1.165) is 22.4 Å². The van der Waals surface area contributed by atoms with Crippen LogP contribution in [0.15, 0.2) is 60.7 Å². The minimum absolute atomic E-state index is 0.122. The molecule has 6 rings (SSSR count). The Morgan fingerprint density at radius 3 is 2.67 bits per heavy atom. The minimum atomic E-state index is -0.291. The number of amides is 1. The third kappa shape index (κ3) is 3.76. The van der Waals surface area contributed by atoms with Gasteiger partial charge in [0.2, 0.25) is 5.91 Å². The maximum absolute atomic E-state index is 13.3. The number of carbonyl (C=O) groups is 1. The van der Waals surface area contributed by atoms with Gasteiger partial charge >= 0.3 is 0 Å². The van der Waals surface area contributed by atoms with Crippen molar-refractivity contribution in [2.75, 3.05) is 5.32 Å². The second-order valence-electron chi connectivity index (χ2n) is 8.73. The first kappa shape index (κ1) is 21.9. The molecule has 0 saturated heterocycles. The molecule has 0 aliphatic carbocycles. The van der Waals surface area contributed by atoms with E-state index in [0.29, 0.717) is 28.9 Å². The average Bonchev–Trinajstić information content (AvgIpc) is 3.42. The van der Waals surface area contributed by atoms with Crippen LogP contribution >= 0.6 is 0 Å². The number of benzene rings is 2. The number of hydrogen-bond acceptors (Lipinski definition) is 6. The Balaban J connectivity index is 1.39. The van der Waals surface area contributed by atoms with Crippen molar-refractivity contribution in [3.63, 3.8) is 0 Å². The Bertz CT molecular complexity index is 1610. The maximum Gasteiger partial charge on any atom is 0.226 e. The molecule has 1 amide bonds.